The van der Waals surface area contributed by atoms with Gasteiger partial charge in [0, 0.05) is 17.3 Å². The maximum Gasteiger partial charge on any atom is 0.344 e. The normalized spacial score (nSPS) is 10.3. The molecule has 0 saturated heterocycles. The van der Waals surface area contributed by atoms with E-state index in [4.69, 9.17) is 9.47 Å². The van der Waals surface area contributed by atoms with E-state index >= 15 is 0 Å². The molecule has 0 saturated carbocycles. The lowest BCUT2D eigenvalue weighted by Crippen LogP contribution is -2.12. The van der Waals surface area contributed by atoms with E-state index in [2.05, 4.69) is 32.2 Å². The van der Waals surface area contributed by atoms with E-state index in [9.17, 15) is 4.79 Å². The van der Waals surface area contributed by atoms with E-state index in [0.717, 1.165) is 27.9 Å². The largest absolute Gasteiger partial charge is 0.488 e. The average Bonchev–Trinajstić information content (AvgIpc) is 3.36. The highest BCUT2D eigenvalue weighted by Gasteiger charge is 2.19. The van der Waals surface area contributed by atoms with Crippen LogP contribution in [0.2, 0.25) is 0 Å². The van der Waals surface area contributed by atoms with Gasteiger partial charge in [-0.25, -0.2) is 4.79 Å². The molecule has 2 aromatic heterocycles. The summed E-state index contributed by atoms with van der Waals surface area (Å²) >= 11 is 0. The zero-order chi connectivity index (χ0) is 23.2. The number of nitrogens with one attached hydrogen (secondary N) is 1. The molecule has 0 fully saturated rings. The van der Waals surface area contributed by atoms with Gasteiger partial charge in [0.05, 0.1) is 5.69 Å². The van der Waals surface area contributed by atoms with Crippen molar-refractivity contribution in [2.24, 2.45) is 0 Å². The minimum absolute atomic E-state index is 0. The number of aryl methyl sites for hydroxylation is 2. The minimum Gasteiger partial charge on any atom is -0.488 e. The zero-order valence-electron chi connectivity index (χ0n) is 18.8. The van der Waals surface area contributed by atoms with Crippen LogP contribution in [0.1, 0.15) is 27.3 Å². The molecule has 0 bridgehead atoms. The number of rotatable bonds is 8. The molecule has 4 aromatic rings. The van der Waals surface area contributed by atoms with Gasteiger partial charge in [-0.05, 0) is 35.8 Å². The van der Waals surface area contributed by atoms with Crippen LogP contribution in [0.25, 0.3) is 22.5 Å². The van der Waals surface area contributed by atoms with Crippen LogP contribution in [0.15, 0.2) is 67.3 Å². The number of pyridine rings is 1. The Morgan fingerprint density at radius 3 is 2.50 bits per heavy atom. The molecule has 8 nitrogen and oxygen atoms in total. The number of halogens is 1. The molecule has 0 amide bonds. The molecular weight excluding hydrogens is 454 g/mol. The maximum absolute atomic E-state index is 12.5. The molecule has 0 aliphatic carbocycles. The van der Waals surface area contributed by atoms with Crippen molar-refractivity contribution >= 4 is 18.4 Å². The standard InChI is InChI=1S/C25H23N5O3.ClH/c1-4-13-32-25(31)23-17(3)26-16(2)14-22(23)33-15-18-9-11-19(12-10-18)20-7-5-6-8-21(20)24-27-29-30-28-24;/h4-12,14H,1,13,15H2,2-3H3,(H,27,28,29,30);1H. The van der Waals surface area contributed by atoms with E-state index in [0.29, 0.717) is 22.8 Å². The number of ether oxygens (including phenoxy) is 2. The quantitative estimate of drug-likeness (QED) is 0.284. The monoisotopic (exact) mass is 477 g/mol. The summed E-state index contributed by atoms with van der Waals surface area (Å²) < 4.78 is 11.2. The molecule has 2 aromatic carbocycles. The lowest BCUT2D eigenvalue weighted by molar-refractivity contribution is 0.0543. The fourth-order valence-corrected chi connectivity index (χ4v) is 3.51. The minimum atomic E-state index is -0.483. The molecule has 34 heavy (non-hydrogen) atoms. The molecule has 2 heterocycles. The van der Waals surface area contributed by atoms with E-state index in [1.807, 2.05) is 55.5 Å². The van der Waals surface area contributed by atoms with E-state index in [1.165, 1.54) is 6.08 Å². The Morgan fingerprint density at radius 2 is 1.82 bits per heavy atom. The van der Waals surface area contributed by atoms with Crippen LogP contribution < -0.4 is 4.74 Å². The Hall–Kier alpha value is -4.04. The lowest BCUT2D eigenvalue weighted by atomic mass is 9.98. The third kappa shape index (κ3) is 5.47. The number of nitrogens with zero attached hydrogens (tertiary/aromatic N) is 4. The zero-order valence-corrected chi connectivity index (χ0v) is 19.6. The number of H-pyrrole nitrogens is 1. The Kier molecular flexibility index (Phi) is 8.10. The third-order valence-electron chi connectivity index (χ3n) is 5.00. The summed E-state index contributed by atoms with van der Waals surface area (Å²) in [6, 6.07) is 17.6. The smallest absolute Gasteiger partial charge is 0.344 e. The molecule has 0 aliphatic heterocycles. The van der Waals surface area contributed by atoms with Crippen LogP contribution in [0, 0.1) is 13.8 Å². The van der Waals surface area contributed by atoms with Gasteiger partial charge in [-0.15, -0.1) is 22.6 Å². The number of esters is 1. The Bertz CT molecular complexity index is 1270. The van der Waals surface area contributed by atoms with Crippen LogP contribution >= 0.6 is 12.4 Å². The molecule has 4 rings (SSSR count). The van der Waals surface area contributed by atoms with Crippen molar-refractivity contribution in [3.63, 3.8) is 0 Å². The second kappa shape index (κ2) is 11.2. The van der Waals surface area contributed by atoms with Crippen molar-refractivity contribution in [2.45, 2.75) is 20.5 Å². The number of hydrogen-bond acceptors (Lipinski definition) is 7. The van der Waals surface area contributed by atoms with Gasteiger partial charge in [-0.1, -0.05) is 61.2 Å². The number of carbonyl (C=O) groups is 1. The predicted molar refractivity (Wildman–Crippen MR) is 131 cm³/mol. The Labute approximate surface area is 203 Å². The van der Waals surface area contributed by atoms with E-state index < -0.39 is 5.97 Å². The summed E-state index contributed by atoms with van der Waals surface area (Å²) in [5.74, 6) is 0.501. The van der Waals surface area contributed by atoms with Gasteiger partial charge < -0.3 is 9.47 Å². The predicted octanol–water partition coefficient (Wildman–Crippen LogP) is 4.89. The second-order valence-electron chi connectivity index (χ2n) is 7.38. The van der Waals surface area contributed by atoms with Crippen LogP contribution in [-0.4, -0.2) is 38.2 Å². The first kappa shape index (κ1) is 24.6. The first-order valence-electron chi connectivity index (χ1n) is 10.4. The topological polar surface area (TPSA) is 103 Å². The summed E-state index contributed by atoms with van der Waals surface area (Å²) in [4.78, 5) is 16.9. The molecule has 1 N–H and O–H groups in total. The first-order valence-corrected chi connectivity index (χ1v) is 10.4. The van der Waals surface area contributed by atoms with Crippen LogP contribution in [0.3, 0.4) is 0 Å². The van der Waals surface area contributed by atoms with Crippen molar-refractivity contribution in [3.8, 4) is 28.3 Å². The molecule has 0 spiro atoms. The van der Waals surface area contributed by atoms with Crippen molar-refractivity contribution in [3.05, 3.63) is 89.8 Å². The van der Waals surface area contributed by atoms with Crippen molar-refractivity contribution < 1.29 is 14.3 Å². The number of aromatic amines is 1. The van der Waals surface area contributed by atoms with Crippen molar-refractivity contribution in [1.29, 1.82) is 0 Å². The van der Waals surface area contributed by atoms with Gasteiger partial charge in [0.1, 0.15) is 24.5 Å². The maximum atomic E-state index is 12.5. The van der Waals surface area contributed by atoms with Crippen molar-refractivity contribution in [2.75, 3.05) is 6.61 Å². The summed E-state index contributed by atoms with van der Waals surface area (Å²) in [6.07, 6.45) is 1.52. The summed E-state index contributed by atoms with van der Waals surface area (Å²) in [7, 11) is 0. The third-order valence-corrected chi connectivity index (χ3v) is 5.00. The van der Waals surface area contributed by atoms with Gasteiger partial charge in [0.25, 0.3) is 0 Å². The molecule has 0 unspecified atom stereocenters. The van der Waals surface area contributed by atoms with Crippen LogP contribution in [0.5, 0.6) is 5.75 Å². The second-order valence-corrected chi connectivity index (χ2v) is 7.38. The highest BCUT2D eigenvalue weighted by Crippen LogP contribution is 2.30. The summed E-state index contributed by atoms with van der Waals surface area (Å²) in [5.41, 5.74) is 5.51. The molecule has 174 valence electrons. The van der Waals surface area contributed by atoms with Crippen molar-refractivity contribution in [1.82, 2.24) is 25.6 Å². The van der Waals surface area contributed by atoms with Crippen LogP contribution in [0.4, 0.5) is 0 Å². The Balaban J connectivity index is 0.00000324. The molecule has 0 aliphatic rings. The molecule has 0 atom stereocenters. The van der Waals surface area contributed by atoms with Crippen LogP contribution in [-0.2, 0) is 11.3 Å². The first-order chi connectivity index (χ1) is 16.1. The molecular formula is C25H24ClN5O3. The highest BCUT2D eigenvalue weighted by molar-refractivity contribution is 5.93. The molecule has 9 heteroatoms. The average molecular weight is 478 g/mol. The van der Waals surface area contributed by atoms with Gasteiger partial charge in [-0.2, -0.15) is 5.21 Å². The number of benzene rings is 2. The van der Waals surface area contributed by atoms with Gasteiger partial charge in [0.15, 0.2) is 0 Å². The summed E-state index contributed by atoms with van der Waals surface area (Å²) in [6.45, 7) is 7.61. The fourth-order valence-electron chi connectivity index (χ4n) is 3.51. The number of tetrazole rings is 1. The van der Waals surface area contributed by atoms with E-state index in [-0.39, 0.29) is 25.6 Å². The summed E-state index contributed by atoms with van der Waals surface area (Å²) in [5, 5.41) is 14.3. The highest BCUT2D eigenvalue weighted by atomic mass is 35.5. The molecule has 0 radical (unpaired) electrons. The number of carbonyl (C=O) groups excluding carboxylic acids is 1. The number of aromatic nitrogens is 5. The Morgan fingerprint density at radius 1 is 1.09 bits per heavy atom. The van der Waals surface area contributed by atoms with E-state index in [1.54, 1.807) is 13.0 Å². The van der Waals surface area contributed by atoms with Gasteiger partial charge >= 0.3 is 5.97 Å². The lowest BCUT2D eigenvalue weighted by Gasteiger charge is -2.14. The SMILES string of the molecule is C=CCOC(=O)c1c(OCc2ccc(-c3ccccc3-c3nn[nH]n3)cc2)cc(C)nc1C.Cl. The fraction of sp³-hybridized carbons (Fsp3) is 0.160. The van der Waals surface area contributed by atoms with Gasteiger partial charge in [-0.3, -0.25) is 4.98 Å². The number of hydrogen-bond donors (Lipinski definition) is 1. The van der Waals surface area contributed by atoms with Gasteiger partial charge in [0.2, 0.25) is 5.82 Å².